The van der Waals surface area contributed by atoms with Gasteiger partial charge in [-0.3, -0.25) is 0 Å². The van der Waals surface area contributed by atoms with Gasteiger partial charge in [-0.25, -0.2) is 0 Å². The van der Waals surface area contributed by atoms with E-state index in [2.05, 4.69) is 22.2 Å². The van der Waals surface area contributed by atoms with Crippen LogP contribution in [0.3, 0.4) is 0 Å². The molecule has 0 bridgehead atoms. The molecule has 1 rings (SSSR count). The van der Waals surface area contributed by atoms with E-state index in [1.54, 1.807) is 11.8 Å². The van der Waals surface area contributed by atoms with Crippen LogP contribution in [-0.2, 0) is 0 Å². The molecule has 2 N–H and O–H groups in total. The van der Waals surface area contributed by atoms with E-state index in [1.807, 2.05) is 25.1 Å². The summed E-state index contributed by atoms with van der Waals surface area (Å²) in [7, 11) is 0. The van der Waals surface area contributed by atoms with Crippen molar-refractivity contribution >= 4 is 27.7 Å². The number of ether oxygens (including phenoxy) is 1. The molecule has 1 aromatic rings. The van der Waals surface area contributed by atoms with Crippen LogP contribution in [0.1, 0.15) is 18.5 Å². The van der Waals surface area contributed by atoms with Gasteiger partial charge < -0.3 is 10.5 Å². The van der Waals surface area contributed by atoms with Gasteiger partial charge in [0.1, 0.15) is 5.75 Å². The minimum absolute atomic E-state index is 0.00220. The molecule has 15 heavy (non-hydrogen) atoms. The zero-order chi connectivity index (χ0) is 11.3. The first-order valence-electron chi connectivity index (χ1n) is 4.82. The third kappa shape index (κ3) is 4.05. The number of benzene rings is 1. The molecule has 84 valence electrons. The van der Waals surface area contributed by atoms with Crippen LogP contribution in [-0.4, -0.2) is 18.6 Å². The van der Waals surface area contributed by atoms with Gasteiger partial charge in [0, 0.05) is 21.8 Å². The van der Waals surface area contributed by atoms with Crippen molar-refractivity contribution in [2.24, 2.45) is 5.73 Å². The van der Waals surface area contributed by atoms with Crippen molar-refractivity contribution in [1.82, 2.24) is 0 Å². The lowest BCUT2D eigenvalue weighted by atomic mass is 10.1. The van der Waals surface area contributed by atoms with Crippen LogP contribution in [0.2, 0.25) is 0 Å². The van der Waals surface area contributed by atoms with Crippen LogP contribution in [0.5, 0.6) is 5.75 Å². The Morgan fingerprint density at radius 3 is 2.87 bits per heavy atom. The fourth-order valence-electron chi connectivity index (χ4n) is 1.24. The lowest BCUT2D eigenvalue weighted by Crippen LogP contribution is -2.09. The Hall–Kier alpha value is -0.190. The summed E-state index contributed by atoms with van der Waals surface area (Å²) in [5, 5.41) is 0. The van der Waals surface area contributed by atoms with Gasteiger partial charge in [-0.05, 0) is 25.3 Å². The maximum atomic E-state index is 5.87. The summed E-state index contributed by atoms with van der Waals surface area (Å²) < 4.78 is 6.71. The quantitative estimate of drug-likeness (QED) is 0.846. The number of thioether (sulfide) groups is 1. The number of nitrogens with two attached hydrogens (primary N) is 1. The molecular formula is C11H16BrNOS. The Bertz CT molecular complexity index is 317. The summed E-state index contributed by atoms with van der Waals surface area (Å²) in [6.45, 7) is 2.68. The van der Waals surface area contributed by atoms with Crippen molar-refractivity contribution in [1.29, 1.82) is 0 Å². The summed E-state index contributed by atoms with van der Waals surface area (Å²) in [5.74, 6) is 1.87. The van der Waals surface area contributed by atoms with Crippen LogP contribution >= 0.6 is 27.7 Å². The molecule has 0 saturated heterocycles. The topological polar surface area (TPSA) is 35.2 Å². The maximum Gasteiger partial charge on any atom is 0.125 e. The first kappa shape index (κ1) is 12.9. The van der Waals surface area contributed by atoms with Crippen LogP contribution in [0.4, 0.5) is 0 Å². The highest BCUT2D eigenvalue weighted by molar-refractivity contribution is 9.10. The fourth-order valence-corrected chi connectivity index (χ4v) is 1.83. The van der Waals surface area contributed by atoms with Crippen molar-refractivity contribution in [3.63, 3.8) is 0 Å². The lowest BCUT2D eigenvalue weighted by molar-refractivity contribution is 0.338. The molecule has 0 amide bonds. The second-order valence-electron chi connectivity index (χ2n) is 3.31. The second kappa shape index (κ2) is 6.40. The number of halogens is 1. The fraction of sp³-hybridized carbons (Fsp3) is 0.455. The summed E-state index contributed by atoms with van der Waals surface area (Å²) in [6, 6.07) is 5.96. The van der Waals surface area contributed by atoms with Crippen molar-refractivity contribution in [2.45, 2.75) is 13.0 Å². The van der Waals surface area contributed by atoms with Crippen molar-refractivity contribution < 1.29 is 4.74 Å². The number of rotatable bonds is 5. The van der Waals surface area contributed by atoms with E-state index >= 15 is 0 Å². The second-order valence-corrected chi connectivity index (χ2v) is 5.21. The third-order valence-corrected chi connectivity index (χ3v) is 3.08. The van der Waals surface area contributed by atoms with Crippen LogP contribution in [0.15, 0.2) is 22.7 Å². The average molecular weight is 290 g/mol. The molecule has 0 aliphatic heterocycles. The third-order valence-electron chi connectivity index (χ3n) is 2.01. The molecule has 0 aliphatic rings. The molecule has 0 aliphatic carbocycles. The first-order valence-corrected chi connectivity index (χ1v) is 7.00. The average Bonchev–Trinajstić information content (AvgIpc) is 2.18. The summed E-state index contributed by atoms with van der Waals surface area (Å²) in [4.78, 5) is 0. The summed E-state index contributed by atoms with van der Waals surface area (Å²) in [6.07, 6.45) is 2.07. The van der Waals surface area contributed by atoms with Gasteiger partial charge >= 0.3 is 0 Å². The molecule has 2 nitrogen and oxygen atoms in total. The molecule has 0 fully saturated rings. The van der Waals surface area contributed by atoms with Crippen molar-refractivity contribution in [3.05, 3.63) is 28.2 Å². The molecule has 0 heterocycles. The molecule has 0 spiro atoms. The molecule has 1 aromatic carbocycles. The Morgan fingerprint density at radius 2 is 2.27 bits per heavy atom. The smallest absolute Gasteiger partial charge is 0.125 e. The zero-order valence-corrected chi connectivity index (χ0v) is 11.4. The maximum absolute atomic E-state index is 5.87. The predicted octanol–water partition coefficient (Wildman–Crippen LogP) is 3.21. The number of hydrogen-bond donors (Lipinski definition) is 1. The molecule has 0 aromatic heterocycles. The van der Waals surface area contributed by atoms with E-state index in [0.29, 0.717) is 0 Å². The SMILES string of the molecule is CSCCOc1cc(Br)ccc1[C@@H](C)N. The molecule has 0 unspecified atom stereocenters. The molecule has 0 radical (unpaired) electrons. The largest absolute Gasteiger partial charge is 0.492 e. The Kier molecular flexibility index (Phi) is 5.50. The summed E-state index contributed by atoms with van der Waals surface area (Å²) >= 11 is 5.20. The van der Waals surface area contributed by atoms with Gasteiger partial charge in [0.15, 0.2) is 0 Å². The molecular weight excluding hydrogens is 274 g/mol. The van der Waals surface area contributed by atoms with Gasteiger partial charge in [0.2, 0.25) is 0 Å². The van der Waals surface area contributed by atoms with Gasteiger partial charge in [-0.1, -0.05) is 22.0 Å². The molecule has 0 saturated carbocycles. The predicted molar refractivity (Wildman–Crippen MR) is 70.6 cm³/mol. The highest BCUT2D eigenvalue weighted by Crippen LogP contribution is 2.27. The highest BCUT2D eigenvalue weighted by atomic mass is 79.9. The normalized spacial score (nSPS) is 12.5. The van der Waals surface area contributed by atoms with E-state index in [1.165, 1.54) is 0 Å². The van der Waals surface area contributed by atoms with E-state index in [0.717, 1.165) is 28.1 Å². The Labute approximate surface area is 104 Å². The molecule has 1 atom stereocenters. The van der Waals surface area contributed by atoms with E-state index < -0.39 is 0 Å². The zero-order valence-electron chi connectivity index (χ0n) is 9.00. The number of hydrogen-bond acceptors (Lipinski definition) is 3. The van der Waals surface area contributed by atoms with Crippen LogP contribution in [0, 0.1) is 0 Å². The van der Waals surface area contributed by atoms with Gasteiger partial charge in [0.05, 0.1) is 6.61 Å². The minimum atomic E-state index is 0.00220. The van der Waals surface area contributed by atoms with Crippen LogP contribution < -0.4 is 10.5 Å². The van der Waals surface area contributed by atoms with Crippen molar-refractivity contribution in [2.75, 3.05) is 18.6 Å². The van der Waals surface area contributed by atoms with E-state index in [-0.39, 0.29) is 6.04 Å². The summed E-state index contributed by atoms with van der Waals surface area (Å²) in [5.41, 5.74) is 6.92. The lowest BCUT2D eigenvalue weighted by Gasteiger charge is -2.14. The van der Waals surface area contributed by atoms with Crippen molar-refractivity contribution in [3.8, 4) is 5.75 Å². The highest BCUT2D eigenvalue weighted by Gasteiger charge is 2.08. The van der Waals surface area contributed by atoms with Gasteiger partial charge in [0.25, 0.3) is 0 Å². The van der Waals surface area contributed by atoms with Gasteiger partial charge in [-0.15, -0.1) is 0 Å². The standard InChI is InChI=1S/C11H16BrNOS/c1-8(13)10-4-3-9(12)7-11(10)14-5-6-15-2/h3-4,7-8H,5-6,13H2,1-2H3/t8-/m1/s1. The minimum Gasteiger partial charge on any atom is -0.492 e. The van der Waals surface area contributed by atoms with E-state index in [4.69, 9.17) is 10.5 Å². The van der Waals surface area contributed by atoms with Crippen LogP contribution in [0.25, 0.3) is 0 Å². The Balaban J connectivity index is 2.77. The monoisotopic (exact) mass is 289 g/mol. The van der Waals surface area contributed by atoms with Gasteiger partial charge in [-0.2, -0.15) is 11.8 Å². The van der Waals surface area contributed by atoms with E-state index in [9.17, 15) is 0 Å². The molecule has 4 heteroatoms. The Morgan fingerprint density at radius 1 is 1.53 bits per heavy atom. The first-order chi connectivity index (χ1) is 7.15.